The highest BCUT2D eigenvalue weighted by Gasteiger charge is 2.37. The monoisotopic (exact) mass is 268 g/mol. The second kappa shape index (κ2) is 6.22. The van der Waals surface area contributed by atoms with E-state index >= 15 is 0 Å². The van der Waals surface area contributed by atoms with Gasteiger partial charge >= 0.3 is 11.9 Å². The highest BCUT2D eigenvalue weighted by molar-refractivity contribution is 5.80. The molecule has 1 aliphatic carbocycles. The molecular weight excluding hydrogens is 244 g/mol. The molecule has 1 aliphatic rings. The minimum atomic E-state index is -0.990. The Hall–Kier alpha value is -1.32. The Morgan fingerprint density at radius 2 is 1.42 bits per heavy atom. The Morgan fingerprint density at radius 3 is 1.79 bits per heavy atom. The predicted octanol–water partition coefficient (Wildman–Crippen LogP) is 3.18. The highest BCUT2D eigenvalue weighted by Crippen LogP contribution is 2.38. The first-order valence-electron chi connectivity index (χ1n) is 6.93. The summed E-state index contributed by atoms with van der Waals surface area (Å²) in [4.78, 5) is 22.7. The fourth-order valence-corrected chi connectivity index (χ4v) is 3.00. The van der Waals surface area contributed by atoms with Crippen molar-refractivity contribution in [3.05, 3.63) is 11.1 Å². The van der Waals surface area contributed by atoms with Gasteiger partial charge in [0, 0.05) is 0 Å². The first-order chi connectivity index (χ1) is 8.75. The Labute approximate surface area is 114 Å². The summed E-state index contributed by atoms with van der Waals surface area (Å²) in [6, 6.07) is 0. The fourth-order valence-electron chi connectivity index (χ4n) is 3.00. The summed E-state index contributed by atoms with van der Waals surface area (Å²) in [5, 5.41) is 18.6. The lowest BCUT2D eigenvalue weighted by Crippen LogP contribution is -2.29. The van der Waals surface area contributed by atoms with E-state index in [9.17, 15) is 19.8 Å². The minimum Gasteiger partial charge on any atom is -0.481 e. The quantitative estimate of drug-likeness (QED) is 0.768. The van der Waals surface area contributed by atoms with Gasteiger partial charge in [0.15, 0.2) is 0 Å². The number of carboxylic acids is 2. The summed E-state index contributed by atoms with van der Waals surface area (Å²) >= 11 is 0. The molecule has 0 aliphatic heterocycles. The average Bonchev–Trinajstić information content (AvgIpc) is 2.47. The van der Waals surface area contributed by atoms with Crippen molar-refractivity contribution < 1.29 is 19.8 Å². The van der Waals surface area contributed by atoms with Gasteiger partial charge in [-0.2, -0.15) is 0 Å². The van der Waals surface area contributed by atoms with Crippen LogP contribution < -0.4 is 0 Å². The number of hydrogen-bond donors (Lipinski definition) is 2. The van der Waals surface area contributed by atoms with Gasteiger partial charge in [-0.3, -0.25) is 9.59 Å². The molecule has 0 aromatic carbocycles. The van der Waals surface area contributed by atoms with E-state index in [1.807, 2.05) is 0 Å². The van der Waals surface area contributed by atoms with E-state index in [-0.39, 0.29) is 5.92 Å². The number of hydrogen-bond acceptors (Lipinski definition) is 2. The van der Waals surface area contributed by atoms with Gasteiger partial charge in [0.1, 0.15) is 0 Å². The maximum atomic E-state index is 11.4. The molecule has 0 radical (unpaired) electrons. The summed E-state index contributed by atoms with van der Waals surface area (Å²) < 4.78 is 0. The molecule has 0 aromatic heterocycles. The lowest BCUT2D eigenvalue weighted by atomic mass is 9.83. The first kappa shape index (κ1) is 15.7. The molecule has 0 heterocycles. The number of carbonyl (C=O) groups is 2. The summed E-state index contributed by atoms with van der Waals surface area (Å²) in [7, 11) is 0. The van der Waals surface area contributed by atoms with Crippen LogP contribution >= 0.6 is 0 Å². The smallest absolute Gasteiger partial charge is 0.307 e. The second-order valence-corrected chi connectivity index (χ2v) is 5.99. The molecular formula is C15H24O4. The van der Waals surface area contributed by atoms with Crippen LogP contribution in [0.25, 0.3) is 0 Å². The zero-order valence-electron chi connectivity index (χ0n) is 12.1. The van der Waals surface area contributed by atoms with Crippen molar-refractivity contribution in [2.45, 2.75) is 47.0 Å². The highest BCUT2D eigenvalue weighted by atomic mass is 16.4. The number of aliphatic carboxylic acids is 2. The lowest BCUT2D eigenvalue weighted by Gasteiger charge is -2.21. The van der Waals surface area contributed by atoms with E-state index in [0.717, 1.165) is 5.57 Å². The normalized spacial score (nSPS) is 24.7. The van der Waals surface area contributed by atoms with Gasteiger partial charge < -0.3 is 10.2 Å². The molecule has 0 aromatic rings. The van der Waals surface area contributed by atoms with Crippen molar-refractivity contribution in [1.29, 1.82) is 0 Å². The van der Waals surface area contributed by atoms with Crippen LogP contribution in [0.4, 0.5) is 0 Å². The zero-order chi connectivity index (χ0) is 14.7. The Balaban J connectivity index is 3.17. The number of rotatable bonds is 4. The van der Waals surface area contributed by atoms with Crippen LogP contribution in [0.15, 0.2) is 11.1 Å². The standard InChI is InChI=1S/C15H24O4/c1-8(2)10-5-6-11(14(16)17)13(15(18)19)7-12(10)9(3)4/h8-9,11,13H,5-7H2,1-4H3,(H,16,17)(H,18,19). The molecule has 4 nitrogen and oxygen atoms in total. The van der Waals surface area contributed by atoms with Crippen molar-refractivity contribution in [3.8, 4) is 0 Å². The second-order valence-electron chi connectivity index (χ2n) is 5.99. The van der Waals surface area contributed by atoms with Crippen molar-refractivity contribution in [3.63, 3.8) is 0 Å². The van der Waals surface area contributed by atoms with E-state index in [4.69, 9.17) is 0 Å². The summed E-state index contributed by atoms with van der Waals surface area (Å²) in [6.45, 7) is 8.29. The van der Waals surface area contributed by atoms with Crippen LogP contribution in [-0.4, -0.2) is 22.2 Å². The van der Waals surface area contributed by atoms with Crippen molar-refractivity contribution >= 4 is 11.9 Å². The molecule has 2 atom stereocenters. The van der Waals surface area contributed by atoms with E-state index in [0.29, 0.717) is 25.2 Å². The van der Waals surface area contributed by atoms with Gasteiger partial charge in [-0.1, -0.05) is 38.8 Å². The Morgan fingerprint density at radius 1 is 0.947 bits per heavy atom. The molecule has 0 spiro atoms. The molecule has 0 bridgehead atoms. The molecule has 0 saturated carbocycles. The van der Waals surface area contributed by atoms with Crippen molar-refractivity contribution in [1.82, 2.24) is 0 Å². The molecule has 19 heavy (non-hydrogen) atoms. The van der Waals surface area contributed by atoms with Gasteiger partial charge in [0.05, 0.1) is 11.8 Å². The molecule has 4 heteroatoms. The van der Waals surface area contributed by atoms with E-state index < -0.39 is 23.8 Å². The SMILES string of the molecule is CC(C)C1=C(C(C)C)CC(C(=O)O)C(C(=O)O)CC1. The van der Waals surface area contributed by atoms with Crippen LogP contribution in [0.1, 0.15) is 47.0 Å². The summed E-state index contributed by atoms with van der Waals surface area (Å²) in [5.74, 6) is -2.93. The van der Waals surface area contributed by atoms with Crippen LogP contribution in [0.3, 0.4) is 0 Å². The zero-order valence-corrected chi connectivity index (χ0v) is 12.1. The predicted molar refractivity (Wildman–Crippen MR) is 72.8 cm³/mol. The minimum absolute atomic E-state index is 0.270. The molecule has 0 amide bonds. The van der Waals surface area contributed by atoms with Gasteiger partial charge in [-0.05, 0) is 31.1 Å². The number of carboxylic acid groups (broad SMARTS) is 2. The molecule has 2 N–H and O–H groups in total. The Kier molecular flexibility index (Phi) is 5.15. The van der Waals surface area contributed by atoms with Crippen LogP contribution in [0.2, 0.25) is 0 Å². The molecule has 108 valence electrons. The molecule has 0 fully saturated rings. The third kappa shape index (κ3) is 3.58. The van der Waals surface area contributed by atoms with Crippen molar-refractivity contribution in [2.75, 3.05) is 0 Å². The maximum Gasteiger partial charge on any atom is 0.307 e. The van der Waals surface area contributed by atoms with Crippen molar-refractivity contribution in [2.24, 2.45) is 23.7 Å². The van der Waals surface area contributed by atoms with Gasteiger partial charge in [0.2, 0.25) is 0 Å². The first-order valence-corrected chi connectivity index (χ1v) is 6.93. The van der Waals surface area contributed by atoms with Gasteiger partial charge in [0.25, 0.3) is 0 Å². The van der Waals surface area contributed by atoms with Crippen LogP contribution in [-0.2, 0) is 9.59 Å². The van der Waals surface area contributed by atoms with Gasteiger partial charge in [-0.25, -0.2) is 0 Å². The van der Waals surface area contributed by atoms with Crippen LogP contribution in [0.5, 0.6) is 0 Å². The topological polar surface area (TPSA) is 74.6 Å². The summed E-state index contributed by atoms with van der Waals surface area (Å²) in [5.41, 5.74) is 2.40. The number of allylic oxidation sites excluding steroid dienone is 2. The van der Waals surface area contributed by atoms with E-state index in [1.165, 1.54) is 5.57 Å². The fraction of sp³-hybridized carbons (Fsp3) is 0.733. The average molecular weight is 268 g/mol. The largest absolute Gasteiger partial charge is 0.481 e. The summed E-state index contributed by atoms with van der Waals surface area (Å²) in [6.07, 6.45) is 1.50. The third-order valence-electron chi connectivity index (χ3n) is 4.09. The third-order valence-corrected chi connectivity index (χ3v) is 4.09. The van der Waals surface area contributed by atoms with E-state index in [1.54, 1.807) is 0 Å². The molecule has 2 unspecified atom stereocenters. The maximum absolute atomic E-state index is 11.4. The van der Waals surface area contributed by atoms with Crippen LogP contribution in [0, 0.1) is 23.7 Å². The van der Waals surface area contributed by atoms with E-state index in [2.05, 4.69) is 27.7 Å². The Bertz CT molecular complexity index is 393. The lowest BCUT2D eigenvalue weighted by molar-refractivity contribution is -0.153. The molecule has 1 rings (SSSR count). The van der Waals surface area contributed by atoms with Gasteiger partial charge in [-0.15, -0.1) is 0 Å². The molecule has 0 saturated heterocycles.